The van der Waals surface area contributed by atoms with Gasteiger partial charge in [0.05, 0.1) is 6.10 Å². The monoisotopic (exact) mass is 211 g/mol. The Morgan fingerprint density at radius 1 is 1.20 bits per heavy atom. The summed E-state index contributed by atoms with van der Waals surface area (Å²) in [5, 5.41) is 3.84. The lowest BCUT2D eigenvalue weighted by atomic mass is 9.91. The Bertz CT molecular complexity index is 191. The zero-order chi connectivity index (χ0) is 10.7. The van der Waals surface area contributed by atoms with Gasteiger partial charge < -0.3 is 10.1 Å². The third kappa shape index (κ3) is 2.94. The van der Waals surface area contributed by atoms with Gasteiger partial charge in [-0.15, -0.1) is 0 Å². The average Bonchev–Trinajstić information content (AvgIpc) is 3.10. The Balaban J connectivity index is 1.84. The topological polar surface area (TPSA) is 21.3 Å². The Kier molecular flexibility index (Phi) is 4.04. The zero-order valence-electron chi connectivity index (χ0n) is 10.2. The molecule has 0 bridgehead atoms. The van der Waals surface area contributed by atoms with Crippen molar-refractivity contribution in [3.05, 3.63) is 0 Å². The fourth-order valence-electron chi connectivity index (χ4n) is 2.93. The molecule has 0 aromatic rings. The molecule has 0 radical (unpaired) electrons. The van der Waals surface area contributed by atoms with Crippen molar-refractivity contribution < 1.29 is 4.74 Å². The van der Waals surface area contributed by atoms with Crippen LogP contribution in [-0.2, 0) is 4.74 Å². The normalized spacial score (nSPS) is 34.0. The molecule has 2 aliphatic carbocycles. The first-order chi connectivity index (χ1) is 7.35. The number of rotatable bonds is 5. The molecule has 88 valence electrons. The quantitative estimate of drug-likeness (QED) is 0.755. The van der Waals surface area contributed by atoms with Gasteiger partial charge >= 0.3 is 0 Å². The summed E-state index contributed by atoms with van der Waals surface area (Å²) >= 11 is 0. The van der Waals surface area contributed by atoms with Gasteiger partial charge in [0, 0.05) is 19.2 Å². The number of hydrogen-bond acceptors (Lipinski definition) is 2. The van der Waals surface area contributed by atoms with Crippen molar-refractivity contribution in [3.63, 3.8) is 0 Å². The molecule has 3 unspecified atom stereocenters. The lowest BCUT2D eigenvalue weighted by molar-refractivity contribution is 0.0364. The van der Waals surface area contributed by atoms with Crippen molar-refractivity contribution in [2.24, 2.45) is 5.92 Å². The van der Waals surface area contributed by atoms with E-state index < -0.39 is 0 Å². The number of ether oxygens (including phenoxy) is 1. The second-order valence-corrected chi connectivity index (χ2v) is 5.18. The maximum atomic E-state index is 5.59. The highest BCUT2D eigenvalue weighted by Gasteiger charge is 2.33. The minimum absolute atomic E-state index is 0.464. The summed E-state index contributed by atoms with van der Waals surface area (Å²) in [6.07, 6.45) is 9.89. The molecule has 0 saturated heterocycles. The molecule has 2 nitrogen and oxygen atoms in total. The van der Waals surface area contributed by atoms with Crippen LogP contribution in [-0.4, -0.2) is 25.3 Å². The Morgan fingerprint density at radius 2 is 1.93 bits per heavy atom. The minimum Gasteiger partial charge on any atom is -0.380 e. The van der Waals surface area contributed by atoms with E-state index >= 15 is 0 Å². The zero-order valence-corrected chi connectivity index (χ0v) is 10.2. The summed E-state index contributed by atoms with van der Waals surface area (Å²) < 4.78 is 5.59. The highest BCUT2D eigenvalue weighted by atomic mass is 16.5. The molecule has 0 aromatic carbocycles. The summed E-state index contributed by atoms with van der Waals surface area (Å²) in [6, 6.07) is 1.38. The smallest absolute Gasteiger partial charge is 0.0724 e. The van der Waals surface area contributed by atoms with E-state index in [0.29, 0.717) is 12.1 Å². The van der Waals surface area contributed by atoms with Gasteiger partial charge in [0.2, 0.25) is 0 Å². The molecule has 0 amide bonds. The SMILES string of the molecule is CCC(NC1CCCCC1OC)C1CC1. The lowest BCUT2D eigenvalue weighted by Crippen LogP contribution is -2.48. The summed E-state index contributed by atoms with van der Waals surface area (Å²) in [6.45, 7) is 2.31. The third-order valence-corrected chi connectivity index (χ3v) is 4.06. The van der Waals surface area contributed by atoms with Crippen LogP contribution >= 0.6 is 0 Å². The molecule has 3 atom stereocenters. The van der Waals surface area contributed by atoms with Gasteiger partial charge in [0.1, 0.15) is 0 Å². The molecule has 2 saturated carbocycles. The van der Waals surface area contributed by atoms with Crippen molar-refractivity contribution in [3.8, 4) is 0 Å². The van der Waals surface area contributed by atoms with Crippen LogP contribution in [0.1, 0.15) is 51.9 Å². The maximum Gasteiger partial charge on any atom is 0.0724 e. The molecule has 0 aliphatic heterocycles. The Morgan fingerprint density at radius 3 is 2.53 bits per heavy atom. The average molecular weight is 211 g/mol. The van der Waals surface area contributed by atoms with E-state index in [0.717, 1.165) is 12.0 Å². The van der Waals surface area contributed by atoms with Crippen LogP contribution < -0.4 is 5.32 Å². The van der Waals surface area contributed by atoms with Gasteiger partial charge in [-0.25, -0.2) is 0 Å². The standard InChI is InChI=1S/C13H25NO/c1-3-11(10-8-9-10)14-12-6-4-5-7-13(12)15-2/h10-14H,3-9H2,1-2H3. The summed E-state index contributed by atoms with van der Waals surface area (Å²) in [4.78, 5) is 0. The van der Waals surface area contributed by atoms with Gasteiger partial charge in [-0.1, -0.05) is 19.8 Å². The summed E-state index contributed by atoms with van der Waals surface area (Å²) in [7, 11) is 1.86. The van der Waals surface area contributed by atoms with Gasteiger partial charge in [-0.05, 0) is 38.0 Å². The van der Waals surface area contributed by atoms with Crippen LogP contribution in [0, 0.1) is 5.92 Å². The van der Waals surface area contributed by atoms with E-state index in [1.54, 1.807) is 0 Å². The Labute approximate surface area is 93.8 Å². The predicted octanol–water partition coefficient (Wildman–Crippen LogP) is 2.72. The third-order valence-electron chi connectivity index (χ3n) is 4.06. The van der Waals surface area contributed by atoms with Gasteiger partial charge in [-0.2, -0.15) is 0 Å². The second-order valence-electron chi connectivity index (χ2n) is 5.18. The highest BCUT2D eigenvalue weighted by molar-refractivity contribution is 4.91. The van der Waals surface area contributed by atoms with E-state index in [-0.39, 0.29) is 0 Å². The highest BCUT2D eigenvalue weighted by Crippen LogP contribution is 2.35. The first-order valence-electron chi connectivity index (χ1n) is 6.64. The van der Waals surface area contributed by atoms with E-state index in [1.165, 1.54) is 44.9 Å². The van der Waals surface area contributed by atoms with Crippen molar-refractivity contribution >= 4 is 0 Å². The molecule has 2 heteroatoms. The van der Waals surface area contributed by atoms with Crippen LogP contribution in [0.3, 0.4) is 0 Å². The Hall–Kier alpha value is -0.0800. The van der Waals surface area contributed by atoms with Gasteiger partial charge in [0.15, 0.2) is 0 Å². The molecule has 2 fully saturated rings. The second kappa shape index (κ2) is 5.31. The predicted molar refractivity (Wildman–Crippen MR) is 63.0 cm³/mol. The number of methoxy groups -OCH3 is 1. The van der Waals surface area contributed by atoms with E-state index in [1.807, 2.05) is 7.11 Å². The fraction of sp³-hybridized carbons (Fsp3) is 1.00. The van der Waals surface area contributed by atoms with Gasteiger partial charge in [-0.3, -0.25) is 0 Å². The van der Waals surface area contributed by atoms with Crippen LogP contribution in [0.15, 0.2) is 0 Å². The molecule has 1 N–H and O–H groups in total. The number of nitrogens with one attached hydrogen (secondary N) is 1. The lowest BCUT2D eigenvalue weighted by Gasteiger charge is -2.34. The van der Waals surface area contributed by atoms with E-state index in [2.05, 4.69) is 12.2 Å². The molecule has 0 spiro atoms. The van der Waals surface area contributed by atoms with Crippen molar-refractivity contribution in [2.75, 3.05) is 7.11 Å². The summed E-state index contributed by atoms with van der Waals surface area (Å²) in [5.74, 6) is 0.967. The maximum absolute atomic E-state index is 5.59. The molecule has 2 rings (SSSR count). The van der Waals surface area contributed by atoms with E-state index in [9.17, 15) is 0 Å². The molecule has 15 heavy (non-hydrogen) atoms. The minimum atomic E-state index is 0.464. The molecular formula is C13H25NO. The van der Waals surface area contributed by atoms with Crippen LogP contribution in [0.5, 0.6) is 0 Å². The fourth-order valence-corrected chi connectivity index (χ4v) is 2.93. The molecular weight excluding hydrogens is 186 g/mol. The summed E-state index contributed by atoms with van der Waals surface area (Å²) in [5.41, 5.74) is 0. The first-order valence-corrected chi connectivity index (χ1v) is 6.64. The largest absolute Gasteiger partial charge is 0.380 e. The first kappa shape index (κ1) is 11.4. The van der Waals surface area contributed by atoms with E-state index in [4.69, 9.17) is 4.74 Å². The van der Waals surface area contributed by atoms with Gasteiger partial charge in [0.25, 0.3) is 0 Å². The molecule has 0 heterocycles. The molecule has 0 aromatic heterocycles. The van der Waals surface area contributed by atoms with Crippen LogP contribution in [0.2, 0.25) is 0 Å². The van der Waals surface area contributed by atoms with Crippen molar-refractivity contribution in [1.82, 2.24) is 5.32 Å². The van der Waals surface area contributed by atoms with Crippen LogP contribution in [0.4, 0.5) is 0 Å². The number of hydrogen-bond donors (Lipinski definition) is 1. The van der Waals surface area contributed by atoms with Crippen molar-refractivity contribution in [2.45, 2.75) is 70.1 Å². The van der Waals surface area contributed by atoms with Crippen molar-refractivity contribution in [1.29, 1.82) is 0 Å². The molecule has 2 aliphatic rings. The van der Waals surface area contributed by atoms with Crippen LogP contribution in [0.25, 0.3) is 0 Å².